The molecule has 0 aliphatic heterocycles. The Morgan fingerprint density at radius 3 is 2.81 bits per heavy atom. The van der Waals surface area contributed by atoms with E-state index in [-0.39, 0.29) is 5.91 Å². The van der Waals surface area contributed by atoms with Crippen molar-refractivity contribution in [3.8, 4) is 0 Å². The van der Waals surface area contributed by atoms with Crippen molar-refractivity contribution in [3.63, 3.8) is 0 Å². The highest BCUT2D eigenvalue weighted by Crippen LogP contribution is 2.35. The Morgan fingerprint density at radius 2 is 2.19 bits per heavy atom. The van der Waals surface area contributed by atoms with Gasteiger partial charge in [-0.2, -0.15) is 5.10 Å². The molecule has 1 aliphatic carbocycles. The third-order valence-corrected chi connectivity index (χ3v) is 3.47. The molecule has 1 saturated carbocycles. The Bertz CT molecular complexity index is 378. The molecule has 1 aromatic rings. The fraction of sp³-hybridized carbons (Fsp3) is 0.667. The summed E-state index contributed by atoms with van der Waals surface area (Å²) in [4.78, 5) is 10.8. The zero-order valence-electron chi connectivity index (χ0n) is 9.75. The van der Waals surface area contributed by atoms with Crippen LogP contribution >= 0.6 is 0 Å². The van der Waals surface area contributed by atoms with Crippen molar-refractivity contribution in [2.24, 2.45) is 5.73 Å². The summed E-state index contributed by atoms with van der Waals surface area (Å²) in [7, 11) is 0. The summed E-state index contributed by atoms with van der Waals surface area (Å²) in [5, 5.41) is 7.43. The van der Waals surface area contributed by atoms with Gasteiger partial charge in [0.25, 0.3) is 0 Å². The molecule has 1 amide bonds. The number of carbonyl (C=O) groups is 1. The van der Waals surface area contributed by atoms with Crippen molar-refractivity contribution in [2.45, 2.75) is 51.4 Å². The molecule has 0 spiro atoms. The molecule has 1 fully saturated rings. The lowest BCUT2D eigenvalue weighted by atomic mass is 9.96. The fourth-order valence-corrected chi connectivity index (χ4v) is 2.57. The Labute approximate surface area is 95.6 Å². The predicted molar refractivity (Wildman–Crippen MR) is 62.0 cm³/mol. The van der Waals surface area contributed by atoms with Crippen LogP contribution in [0.15, 0.2) is 0 Å². The number of nitrogens with zero attached hydrogens (tertiary/aromatic N) is 1. The molecule has 4 heteroatoms. The van der Waals surface area contributed by atoms with Crippen LogP contribution in [-0.2, 0) is 11.2 Å². The molecule has 4 nitrogen and oxygen atoms in total. The lowest BCUT2D eigenvalue weighted by molar-refractivity contribution is -0.117. The molecule has 1 aromatic heterocycles. The molecule has 0 atom stereocenters. The first-order chi connectivity index (χ1) is 7.68. The average Bonchev–Trinajstić information content (AvgIpc) is 2.83. The molecule has 0 radical (unpaired) electrons. The molecule has 0 unspecified atom stereocenters. The van der Waals surface area contributed by atoms with Crippen LogP contribution in [0.3, 0.4) is 0 Å². The van der Waals surface area contributed by atoms with Gasteiger partial charge in [0.15, 0.2) is 0 Å². The van der Waals surface area contributed by atoms with Crippen molar-refractivity contribution in [3.05, 3.63) is 17.0 Å². The van der Waals surface area contributed by atoms with Crippen LogP contribution in [0.5, 0.6) is 0 Å². The minimum Gasteiger partial charge on any atom is -0.370 e. The molecular formula is C12H19N3O. The van der Waals surface area contributed by atoms with Crippen LogP contribution in [0.4, 0.5) is 0 Å². The van der Waals surface area contributed by atoms with Gasteiger partial charge in [0.2, 0.25) is 5.91 Å². The summed E-state index contributed by atoms with van der Waals surface area (Å²) in [6, 6.07) is 0. The molecule has 16 heavy (non-hydrogen) atoms. The van der Waals surface area contributed by atoms with E-state index in [1.54, 1.807) is 0 Å². The van der Waals surface area contributed by atoms with E-state index in [1.807, 2.05) is 6.92 Å². The number of aryl methyl sites for hydroxylation is 1. The zero-order chi connectivity index (χ0) is 11.5. The van der Waals surface area contributed by atoms with Gasteiger partial charge in [-0.1, -0.05) is 12.8 Å². The molecule has 1 aliphatic rings. The van der Waals surface area contributed by atoms with Gasteiger partial charge in [-0.25, -0.2) is 0 Å². The molecule has 1 heterocycles. The largest absolute Gasteiger partial charge is 0.370 e. The molecule has 0 saturated heterocycles. The number of hydrogen-bond donors (Lipinski definition) is 2. The second kappa shape index (κ2) is 4.68. The Morgan fingerprint density at radius 1 is 1.50 bits per heavy atom. The minimum absolute atomic E-state index is 0.238. The Balaban J connectivity index is 2.14. The van der Waals surface area contributed by atoms with E-state index in [0.29, 0.717) is 12.3 Å². The fourth-order valence-electron chi connectivity index (χ4n) is 2.57. The van der Waals surface area contributed by atoms with E-state index < -0.39 is 0 Å². The first kappa shape index (κ1) is 11.2. The van der Waals surface area contributed by atoms with Gasteiger partial charge in [-0.15, -0.1) is 0 Å². The number of nitrogens with two attached hydrogens (primary N) is 1. The van der Waals surface area contributed by atoms with E-state index in [4.69, 9.17) is 5.73 Å². The summed E-state index contributed by atoms with van der Waals surface area (Å²) in [5.74, 6) is 0.353. The Kier molecular flexibility index (Phi) is 3.27. The van der Waals surface area contributed by atoms with E-state index in [1.165, 1.54) is 36.9 Å². The molecule has 0 bridgehead atoms. The maximum atomic E-state index is 10.8. The maximum Gasteiger partial charge on any atom is 0.217 e. The van der Waals surface area contributed by atoms with Crippen LogP contribution in [0.1, 0.15) is 55.0 Å². The van der Waals surface area contributed by atoms with Gasteiger partial charge >= 0.3 is 0 Å². The topological polar surface area (TPSA) is 71.8 Å². The highest BCUT2D eigenvalue weighted by molar-refractivity contribution is 5.74. The number of primary amides is 1. The third-order valence-electron chi connectivity index (χ3n) is 3.47. The predicted octanol–water partition coefficient (Wildman–Crippen LogP) is 1.79. The second-order valence-corrected chi connectivity index (χ2v) is 4.66. The van der Waals surface area contributed by atoms with Gasteiger partial charge in [0.05, 0.1) is 5.69 Å². The lowest BCUT2D eigenvalue weighted by Gasteiger charge is -2.08. The van der Waals surface area contributed by atoms with E-state index in [0.717, 1.165) is 12.1 Å². The smallest absolute Gasteiger partial charge is 0.217 e. The van der Waals surface area contributed by atoms with Crippen molar-refractivity contribution in [1.82, 2.24) is 10.2 Å². The highest BCUT2D eigenvalue weighted by atomic mass is 16.1. The van der Waals surface area contributed by atoms with Gasteiger partial charge in [0.1, 0.15) is 0 Å². The molecular weight excluding hydrogens is 202 g/mol. The monoisotopic (exact) mass is 221 g/mol. The van der Waals surface area contributed by atoms with Gasteiger partial charge in [-0.05, 0) is 31.7 Å². The van der Waals surface area contributed by atoms with Crippen molar-refractivity contribution in [1.29, 1.82) is 0 Å². The molecule has 88 valence electrons. The maximum absolute atomic E-state index is 10.8. The second-order valence-electron chi connectivity index (χ2n) is 4.66. The number of hydrogen-bond acceptors (Lipinski definition) is 2. The van der Waals surface area contributed by atoms with E-state index >= 15 is 0 Å². The summed E-state index contributed by atoms with van der Waals surface area (Å²) in [6.07, 6.45) is 6.20. The minimum atomic E-state index is -0.238. The molecule has 0 aromatic carbocycles. The van der Waals surface area contributed by atoms with E-state index in [9.17, 15) is 4.79 Å². The van der Waals surface area contributed by atoms with Crippen molar-refractivity contribution in [2.75, 3.05) is 0 Å². The molecule has 3 N–H and O–H groups in total. The van der Waals surface area contributed by atoms with Crippen molar-refractivity contribution >= 4 is 5.91 Å². The van der Waals surface area contributed by atoms with Gasteiger partial charge < -0.3 is 5.73 Å². The average molecular weight is 221 g/mol. The third kappa shape index (κ3) is 2.26. The SMILES string of the molecule is Cc1[nH]nc(C2CCCC2)c1CCC(N)=O. The van der Waals surface area contributed by atoms with Crippen LogP contribution in [0.2, 0.25) is 0 Å². The number of aromatic nitrogens is 2. The van der Waals surface area contributed by atoms with Gasteiger partial charge in [0, 0.05) is 18.0 Å². The lowest BCUT2D eigenvalue weighted by Crippen LogP contribution is -2.12. The summed E-state index contributed by atoms with van der Waals surface area (Å²) in [6.45, 7) is 2.02. The summed E-state index contributed by atoms with van der Waals surface area (Å²) >= 11 is 0. The first-order valence-corrected chi connectivity index (χ1v) is 6.00. The summed E-state index contributed by atoms with van der Waals surface area (Å²) < 4.78 is 0. The zero-order valence-corrected chi connectivity index (χ0v) is 9.75. The van der Waals surface area contributed by atoms with Crippen LogP contribution < -0.4 is 5.73 Å². The number of amides is 1. The Hall–Kier alpha value is -1.32. The van der Waals surface area contributed by atoms with Crippen LogP contribution in [0, 0.1) is 6.92 Å². The quantitative estimate of drug-likeness (QED) is 0.813. The first-order valence-electron chi connectivity index (χ1n) is 6.00. The van der Waals surface area contributed by atoms with E-state index in [2.05, 4.69) is 10.2 Å². The number of rotatable bonds is 4. The van der Waals surface area contributed by atoms with Crippen LogP contribution in [0.25, 0.3) is 0 Å². The van der Waals surface area contributed by atoms with Crippen molar-refractivity contribution < 1.29 is 4.79 Å². The number of carbonyl (C=O) groups excluding carboxylic acids is 1. The molecule has 2 rings (SSSR count). The normalized spacial score (nSPS) is 16.8. The summed E-state index contributed by atoms with van der Waals surface area (Å²) in [5.41, 5.74) is 8.67. The van der Waals surface area contributed by atoms with Crippen LogP contribution in [-0.4, -0.2) is 16.1 Å². The highest BCUT2D eigenvalue weighted by Gasteiger charge is 2.23. The van der Waals surface area contributed by atoms with Gasteiger partial charge in [-0.3, -0.25) is 9.89 Å². The number of nitrogens with one attached hydrogen (secondary N) is 1. The number of aromatic amines is 1. The standard InChI is InChI=1S/C12H19N3O/c1-8-10(6-7-11(13)16)12(15-14-8)9-4-2-3-5-9/h9H,2-7H2,1H3,(H2,13,16)(H,14,15). The number of H-pyrrole nitrogens is 1.